The molecule has 0 fully saturated rings. The zero-order valence-corrected chi connectivity index (χ0v) is 19.2. The number of nitrogens with zero attached hydrogens (tertiary/aromatic N) is 4. The van der Waals surface area contributed by atoms with Crippen LogP contribution in [0.4, 0.5) is 0 Å². The molecule has 1 atom stereocenters. The smallest absolute Gasteiger partial charge is 0.265 e. The van der Waals surface area contributed by atoms with Crippen LogP contribution in [0.1, 0.15) is 28.6 Å². The van der Waals surface area contributed by atoms with Crippen molar-refractivity contribution in [1.82, 2.24) is 19.6 Å². The number of aryl methyl sites for hydroxylation is 1. The van der Waals surface area contributed by atoms with Crippen LogP contribution in [-0.4, -0.2) is 19.6 Å². The fourth-order valence-electron chi connectivity index (χ4n) is 3.69. The Bertz CT molecular complexity index is 1240. The van der Waals surface area contributed by atoms with Crippen molar-refractivity contribution < 1.29 is 21.1 Å². The van der Waals surface area contributed by atoms with Crippen molar-refractivity contribution in [1.29, 1.82) is 0 Å². The molecular formula is C26H20N4Pt. The van der Waals surface area contributed by atoms with E-state index in [0.717, 1.165) is 34.0 Å². The molecule has 5 rings (SSSR count). The van der Waals surface area contributed by atoms with Gasteiger partial charge >= 0.3 is 21.1 Å². The molecule has 154 valence electrons. The first-order valence-electron chi connectivity index (χ1n) is 9.91. The fraction of sp³-hybridized carbons (Fsp3) is 0.0769. The number of hydrogen-bond donors (Lipinski definition) is 0. The third-order valence-corrected chi connectivity index (χ3v) is 5.10. The molecule has 5 aromatic rings. The van der Waals surface area contributed by atoms with Crippen LogP contribution in [0, 0.1) is 19.1 Å². The maximum absolute atomic E-state index is 4.94. The first kappa shape index (κ1) is 21.0. The number of benzene rings is 3. The van der Waals surface area contributed by atoms with Gasteiger partial charge in [-0.2, -0.15) is 58.7 Å². The molecule has 0 saturated heterocycles. The summed E-state index contributed by atoms with van der Waals surface area (Å²) in [6.07, 6.45) is 1.98. The molecule has 0 radical (unpaired) electrons. The molecular weight excluding hydrogens is 563 g/mol. The minimum absolute atomic E-state index is 0. The molecule has 4 nitrogen and oxygen atoms in total. The average molecular weight is 584 g/mol. The second-order valence-electron chi connectivity index (χ2n) is 7.15. The van der Waals surface area contributed by atoms with Gasteiger partial charge in [-0.25, -0.2) is 0 Å². The van der Waals surface area contributed by atoms with E-state index in [1.165, 1.54) is 0 Å². The van der Waals surface area contributed by atoms with E-state index < -0.39 is 0 Å². The van der Waals surface area contributed by atoms with Crippen LogP contribution in [-0.2, 0) is 21.1 Å². The van der Waals surface area contributed by atoms with Crippen LogP contribution in [0.5, 0.6) is 0 Å². The van der Waals surface area contributed by atoms with Crippen LogP contribution in [0.2, 0.25) is 0 Å². The summed E-state index contributed by atoms with van der Waals surface area (Å²) in [5.41, 5.74) is 5.96. The molecule has 0 saturated carbocycles. The zero-order valence-electron chi connectivity index (χ0n) is 16.9. The van der Waals surface area contributed by atoms with Crippen LogP contribution in [0.15, 0.2) is 97.2 Å². The largest absolute Gasteiger partial charge is 2.00 e. The molecule has 5 heteroatoms. The SMILES string of the molecule is Cc1cc(C(c2ccccc2)c2ccn(-c3[c-]cccc3)n2)nn1-c1[c-]cccc1.[Pt+2]. The van der Waals surface area contributed by atoms with Crippen molar-refractivity contribution in [3.63, 3.8) is 0 Å². The first-order chi connectivity index (χ1) is 14.8. The Morgan fingerprint density at radius 3 is 2.10 bits per heavy atom. The minimum Gasteiger partial charge on any atom is -0.265 e. The van der Waals surface area contributed by atoms with Gasteiger partial charge in [-0.1, -0.05) is 30.3 Å². The summed E-state index contributed by atoms with van der Waals surface area (Å²) in [6.45, 7) is 2.07. The summed E-state index contributed by atoms with van der Waals surface area (Å²) in [6, 6.07) is 36.8. The van der Waals surface area contributed by atoms with E-state index >= 15 is 0 Å². The van der Waals surface area contributed by atoms with Gasteiger partial charge < -0.3 is 0 Å². The molecule has 0 N–H and O–H groups in total. The van der Waals surface area contributed by atoms with E-state index in [4.69, 9.17) is 10.2 Å². The van der Waals surface area contributed by atoms with Gasteiger partial charge in [0.25, 0.3) is 0 Å². The average Bonchev–Trinajstić information content (AvgIpc) is 3.43. The van der Waals surface area contributed by atoms with Crippen LogP contribution >= 0.6 is 0 Å². The summed E-state index contributed by atoms with van der Waals surface area (Å²) < 4.78 is 3.80. The van der Waals surface area contributed by atoms with E-state index in [0.29, 0.717) is 0 Å². The van der Waals surface area contributed by atoms with Gasteiger partial charge in [0, 0.05) is 11.9 Å². The Labute approximate surface area is 196 Å². The Kier molecular flexibility index (Phi) is 6.29. The maximum atomic E-state index is 4.94. The van der Waals surface area contributed by atoms with Crippen LogP contribution in [0.25, 0.3) is 11.4 Å². The molecule has 0 aliphatic rings. The predicted octanol–water partition coefficient (Wildman–Crippen LogP) is 5.14. The maximum Gasteiger partial charge on any atom is 2.00 e. The summed E-state index contributed by atoms with van der Waals surface area (Å²) in [5, 5.41) is 9.82. The van der Waals surface area contributed by atoms with E-state index in [1.54, 1.807) is 0 Å². The van der Waals surface area contributed by atoms with Gasteiger partial charge in [0.2, 0.25) is 0 Å². The summed E-state index contributed by atoms with van der Waals surface area (Å²) in [7, 11) is 0. The van der Waals surface area contributed by atoms with Crippen LogP contribution < -0.4 is 0 Å². The molecule has 0 aliphatic heterocycles. The van der Waals surface area contributed by atoms with E-state index in [1.807, 2.05) is 70.2 Å². The Hall–Kier alpha value is -3.23. The molecule has 2 heterocycles. The Balaban J connectivity index is 0.00000231. The van der Waals surface area contributed by atoms with Gasteiger partial charge in [-0.05, 0) is 36.0 Å². The summed E-state index contributed by atoms with van der Waals surface area (Å²) in [5.74, 6) is -0.0696. The quantitative estimate of drug-likeness (QED) is 0.269. The molecule has 0 aliphatic carbocycles. The standard InChI is InChI=1S/C26H20N4.Pt/c1-20-19-25(28-30(20)23-15-9-4-10-16-23)26(21-11-5-2-6-12-21)24-17-18-29(27-24)22-13-7-3-8-14-22;/h2-13,15,17-19,26H,1H3;/q-2;+2. The second kappa shape index (κ2) is 9.28. The second-order valence-corrected chi connectivity index (χ2v) is 7.15. The first-order valence-corrected chi connectivity index (χ1v) is 9.91. The van der Waals surface area contributed by atoms with Crippen molar-refractivity contribution in [3.05, 3.63) is 132 Å². The van der Waals surface area contributed by atoms with Crippen molar-refractivity contribution in [3.8, 4) is 11.4 Å². The minimum atomic E-state index is -0.0696. The normalized spacial score (nSPS) is 11.6. The number of aromatic nitrogens is 4. The zero-order chi connectivity index (χ0) is 20.3. The molecule has 31 heavy (non-hydrogen) atoms. The van der Waals surface area contributed by atoms with Gasteiger partial charge in [-0.3, -0.25) is 9.36 Å². The van der Waals surface area contributed by atoms with Gasteiger partial charge in [-0.15, -0.1) is 12.1 Å². The van der Waals surface area contributed by atoms with Gasteiger partial charge in [0.15, 0.2) is 0 Å². The van der Waals surface area contributed by atoms with Crippen molar-refractivity contribution in [2.45, 2.75) is 12.8 Å². The number of hydrogen-bond acceptors (Lipinski definition) is 2. The Morgan fingerprint density at radius 1 is 0.742 bits per heavy atom. The molecule has 3 aromatic carbocycles. The van der Waals surface area contributed by atoms with Crippen molar-refractivity contribution in [2.75, 3.05) is 0 Å². The summed E-state index contributed by atoms with van der Waals surface area (Å²) >= 11 is 0. The fourth-order valence-corrected chi connectivity index (χ4v) is 3.69. The van der Waals surface area contributed by atoms with E-state index in [2.05, 4.69) is 55.5 Å². The van der Waals surface area contributed by atoms with Crippen LogP contribution in [0.3, 0.4) is 0 Å². The Morgan fingerprint density at radius 2 is 1.42 bits per heavy atom. The molecule has 0 amide bonds. The van der Waals surface area contributed by atoms with Gasteiger partial charge in [0.05, 0.1) is 17.3 Å². The molecule has 0 spiro atoms. The molecule has 0 bridgehead atoms. The predicted molar refractivity (Wildman–Crippen MR) is 117 cm³/mol. The third-order valence-electron chi connectivity index (χ3n) is 5.10. The molecule has 2 aromatic heterocycles. The summed E-state index contributed by atoms with van der Waals surface area (Å²) in [4.78, 5) is 0. The molecule has 1 unspecified atom stereocenters. The van der Waals surface area contributed by atoms with E-state index in [9.17, 15) is 0 Å². The van der Waals surface area contributed by atoms with Crippen molar-refractivity contribution in [2.24, 2.45) is 0 Å². The van der Waals surface area contributed by atoms with Crippen molar-refractivity contribution >= 4 is 0 Å². The number of rotatable bonds is 5. The van der Waals surface area contributed by atoms with E-state index in [-0.39, 0.29) is 27.0 Å². The third kappa shape index (κ3) is 4.30. The topological polar surface area (TPSA) is 35.6 Å². The van der Waals surface area contributed by atoms with Gasteiger partial charge in [0.1, 0.15) is 0 Å². The number of para-hydroxylation sites is 2. The monoisotopic (exact) mass is 583 g/mol.